The first kappa shape index (κ1) is 13.7. The zero-order chi connectivity index (χ0) is 12.7. The third kappa shape index (κ3) is 6.04. The summed E-state index contributed by atoms with van der Waals surface area (Å²) in [5.41, 5.74) is 0. The van der Waals surface area contributed by atoms with Crippen LogP contribution in [0.3, 0.4) is 0 Å². The molecule has 3 nitrogen and oxygen atoms in total. The number of amidine groups is 1. The number of aliphatic imine (C=N–C) groups is 1. The summed E-state index contributed by atoms with van der Waals surface area (Å²) in [6, 6.07) is 9.12. The van der Waals surface area contributed by atoms with Gasteiger partial charge in [-0.3, -0.25) is 5.41 Å². The summed E-state index contributed by atoms with van der Waals surface area (Å²) in [6.07, 6.45) is 3.22. The molecule has 1 aromatic carbocycles. The quantitative estimate of drug-likeness (QED) is 0.388. The van der Waals surface area contributed by atoms with Crippen LogP contribution in [-0.4, -0.2) is 11.2 Å². The second-order valence-corrected chi connectivity index (χ2v) is 4.31. The summed E-state index contributed by atoms with van der Waals surface area (Å²) in [4.78, 5) is 3.74. The van der Waals surface area contributed by atoms with Crippen molar-refractivity contribution in [3.05, 3.63) is 53.5 Å². The molecule has 0 heterocycles. The molecule has 0 radical (unpaired) electrons. The number of rotatable bonds is 3. The molecular formula is C12H10BrClN2O. The summed E-state index contributed by atoms with van der Waals surface area (Å²) in [5, 5.41) is 6.76. The van der Waals surface area contributed by atoms with E-state index < -0.39 is 0 Å². The molecule has 0 aromatic heterocycles. The Morgan fingerprint density at radius 1 is 1.35 bits per heavy atom. The number of benzene rings is 1. The number of para-hydroxylation sites is 1. The van der Waals surface area contributed by atoms with Gasteiger partial charge in [0, 0.05) is 10.6 Å². The molecule has 0 aliphatic rings. The number of halogens is 2. The van der Waals surface area contributed by atoms with Crippen molar-refractivity contribution in [2.24, 2.45) is 4.99 Å². The molecule has 0 atom stereocenters. The molecule has 0 bridgehead atoms. The topological polar surface area (TPSA) is 45.4 Å². The highest BCUT2D eigenvalue weighted by Crippen LogP contribution is 2.10. The summed E-state index contributed by atoms with van der Waals surface area (Å²) < 4.78 is 6.12. The lowest BCUT2D eigenvalue weighted by atomic mass is 10.3. The molecular weight excluding hydrogens is 304 g/mol. The standard InChI is InChI=1S/C12H10BrClN2O/c1-9(13)7-8-11(16-12(14)15)17-10-5-3-2-4-6-10/h2-8,15H,1H2/b8-7+,15-12?,16-11+. The molecule has 0 unspecified atom stereocenters. The van der Waals surface area contributed by atoms with Gasteiger partial charge in [0.05, 0.1) is 0 Å². The number of nitrogens with zero attached hydrogens (tertiary/aromatic N) is 1. The van der Waals surface area contributed by atoms with Gasteiger partial charge in [-0.15, -0.1) is 0 Å². The molecule has 1 aromatic rings. The SMILES string of the molecule is C=C(Br)/C=C/C(=N\C(=N)Cl)Oc1ccccc1. The minimum absolute atomic E-state index is 0.219. The maximum Gasteiger partial charge on any atom is 0.222 e. The first-order valence-corrected chi connectivity index (χ1v) is 5.83. The Hall–Kier alpha value is -1.39. The lowest BCUT2D eigenvalue weighted by Gasteiger charge is -2.04. The van der Waals surface area contributed by atoms with Gasteiger partial charge in [0.2, 0.25) is 11.2 Å². The van der Waals surface area contributed by atoms with E-state index in [2.05, 4.69) is 27.5 Å². The Morgan fingerprint density at radius 2 is 2.00 bits per heavy atom. The van der Waals surface area contributed by atoms with Crippen molar-refractivity contribution in [2.45, 2.75) is 0 Å². The van der Waals surface area contributed by atoms with Crippen molar-refractivity contribution in [2.75, 3.05) is 0 Å². The summed E-state index contributed by atoms with van der Waals surface area (Å²) in [7, 11) is 0. The molecule has 0 saturated heterocycles. The van der Waals surface area contributed by atoms with Gasteiger partial charge < -0.3 is 4.74 Å². The highest BCUT2D eigenvalue weighted by Gasteiger charge is 1.99. The van der Waals surface area contributed by atoms with E-state index in [0.717, 1.165) is 0 Å². The van der Waals surface area contributed by atoms with Gasteiger partial charge in [0.15, 0.2) is 0 Å². The predicted octanol–water partition coefficient (Wildman–Crippen LogP) is 4.10. The minimum atomic E-state index is -0.347. The molecule has 88 valence electrons. The van der Waals surface area contributed by atoms with Crippen LogP contribution < -0.4 is 4.74 Å². The molecule has 17 heavy (non-hydrogen) atoms. The first-order chi connectivity index (χ1) is 8.08. The highest BCUT2D eigenvalue weighted by molar-refractivity contribution is 9.11. The van der Waals surface area contributed by atoms with Crippen LogP contribution in [0.1, 0.15) is 0 Å². The van der Waals surface area contributed by atoms with Gasteiger partial charge in [-0.2, -0.15) is 4.99 Å². The van der Waals surface area contributed by atoms with Crippen molar-refractivity contribution in [1.29, 1.82) is 5.41 Å². The van der Waals surface area contributed by atoms with Crippen LogP contribution in [0.25, 0.3) is 0 Å². The van der Waals surface area contributed by atoms with Crippen molar-refractivity contribution in [1.82, 2.24) is 0 Å². The van der Waals surface area contributed by atoms with Crippen LogP contribution in [0.5, 0.6) is 5.75 Å². The summed E-state index contributed by atoms with van der Waals surface area (Å²) in [6.45, 7) is 3.65. The van der Waals surface area contributed by atoms with Crippen molar-refractivity contribution >= 4 is 38.7 Å². The van der Waals surface area contributed by atoms with E-state index >= 15 is 0 Å². The van der Waals surface area contributed by atoms with E-state index in [0.29, 0.717) is 10.2 Å². The summed E-state index contributed by atoms with van der Waals surface area (Å²) >= 11 is 8.58. The zero-order valence-corrected chi connectivity index (χ0v) is 11.2. The van der Waals surface area contributed by atoms with E-state index in [1.807, 2.05) is 18.2 Å². The molecule has 5 heteroatoms. The normalized spacial score (nSPS) is 11.5. The van der Waals surface area contributed by atoms with Crippen LogP contribution >= 0.6 is 27.5 Å². The molecule has 0 aliphatic carbocycles. The Bertz CT molecular complexity index is 469. The smallest absolute Gasteiger partial charge is 0.222 e. The van der Waals surface area contributed by atoms with Crippen molar-refractivity contribution in [3.8, 4) is 5.75 Å². The molecule has 1 N–H and O–H groups in total. The molecule has 1 rings (SSSR count). The Balaban J connectivity index is 2.85. The first-order valence-electron chi connectivity index (χ1n) is 4.66. The van der Waals surface area contributed by atoms with Crippen molar-refractivity contribution in [3.63, 3.8) is 0 Å². The second-order valence-electron chi connectivity index (χ2n) is 2.94. The van der Waals surface area contributed by atoms with Gasteiger partial charge in [-0.25, -0.2) is 0 Å². The average Bonchev–Trinajstić information content (AvgIpc) is 2.26. The lowest BCUT2D eigenvalue weighted by Crippen LogP contribution is -2.06. The van der Waals surface area contributed by atoms with E-state index in [9.17, 15) is 0 Å². The number of hydrogen-bond donors (Lipinski definition) is 1. The van der Waals surface area contributed by atoms with E-state index in [4.69, 9.17) is 21.7 Å². The zero-order valence-electron chi connectivity index (χ0n) is 8.86. The van der Waals surface area contributed by atoms with Crippen LogP contribution in [0.15, 0.2) is 58.5 Å². The van der Waals surface area contributed by atoms with Gasteiger partial charge in [-0.05, 0) is 29.8 Å². The molecule has 0 spiro atoms. The van der Waals surface area contributed by atoms with E-state index in [1.54, 1.807) is 24.3 Å². The molecule has 0 aliphatic heterocycles. The number of nitrogens with one attached hydrogen (secondary N) is 1. The van der Waals surface area contributed by atoms with E-state index in [-0.39, 0.29) is 11.2 Å². The molecule has 0 fully saturated rings. The predicted molar refractivity (Wildman–Crippen MR) is 75.3 cm³/mol. The van der Waals surface area contributed by atoms with Gasteiger partial charge >= 0.3 is 0 Å². The average molecular weight is 314 g/mol. The number of ether oxygens (including phenoxy) is 1. The Kier molecular flexibility index (Phi) is 5.66. The Labute approximate surface area is 113 Å². The summed E-state index contributed by atoms with van der Waals surface area (Å²) in [5.74, 6) is 0.839. The second kappa shape index (κ2) is 7.04. The maximum absolute atomic E-state index is 7.11. The third-order valence-electron chi connectivity index (χ3n) is 1.58. The molecule has 0 amide bonds. The van der Waals surface area contributed by atoms with Gasteiger partial charge in [0.25, 0.3) is 0 Å². The largest absolute Gasteiger partial charge is 0.439 e. The van der Waals surface area contributed by atoms with Crippen molar-refractivity contribution < 1.29 is 4.74 Å². The third-order valence-corrected chi connectivity index (χ3v) is 1.93. The van der Waals surface area contributed by atoms with E-state index in [1.165, 1.54) is 0 Å². The Morgan fingerprint density at radius 3 is 2.53 bits per heavy atom. The molecule has 0 saturated carbocycles. The van der Waals surface area contributed by atoms with Crippen LogP contribution in [0, 0.1) is 5.41 Å². The van der Waals surface area contributed by atoms with Crippen LogP contribution in [0.2, 0.25) is 0 Å². The van der Waals surface area contributed by atoms with Gasteiger partial charge in [-0.1, -0.05) is 40.7 Å². The fourth-order valence-electron chi connectivity index (χ4n) is 0.962. The fraction of sp³-hybridized carbons (Fsp3) is 0. The number of hydrogen-bond acceptors (Lipinski definition) is 2. The highest BCUT2D eigenvalue weighted by atomic mass is 79.9. The van der Waals surface area contributed by atoms with Crippen LogP contribution in [0.4, 0.5) is 0 Å². The number of allylic oxidation sites excluding steroid dienone is 2. The van der Waals surface area contributed by atoms with Gasteiger partial charge in [0.1, 0.15) is 5.75 Å². The lowest BCUT2D eigenvalue weighted by molar-refractivity contribution is 0.556. The fourth-order valence-corrected chi connectivity index (χ4v) is 1.18. The maximum atomic E-state index is 7.11. The van der Waals surface area contributed by atoms with Crippen LogP contribution in [-0.2, 0) is 0 Å². The monoisotopic (exact) mass is 312 g/mol. The minimum Gasteiger partial charge on any atom is -0.439 e.